The highest BCUT2D eigenvalue weighted by molar-refractivity contribution is 8.03. The largest absolute Gasteiger partial charge is 0.500 e. The van der Waals surface area contributed by atoms with Gasteiger partial charge in [-0.2, -0.15) is 0 Å². The van der Waals surface area contributed by atoms with Crippen LogP contribution in [0, 0.1) is 0 Å². The molecule has 1 aliphatic heterocycles. The van der Waals surface area contributed by atoms with Gasteiger partial charge in [-0.1, -0.05) is 23.9 Å². The third kappa shape index (κ3) is 2.48. The first-order valence-electron chi connectivity index (χ1n) is 5.02. The molecule has 0 amide bonds. The number of rotatable bonds is 3. The summed E-state index contributed by atoms with van der Waals surface area (Å²) in [7, 11) is 4.14. The number of benzene rings is 1. The number of para-hydroxylation sites is 1. The highest BCUT2D eigenvalue weighted by Crippen LogP contribution is 2.36. The highest BCUT2D eigenvalue weighted by atomic mass is 32.2. The maximum absolute atomic E-state index is 5.23. The number of thioether (sulfide) groups is 1. The molecule has 2 nitrogen and oxygen atoms in total. The molecule has 15 heavy (non-hydrogen) atoms. The topological polar surface area (TPSA) is 12.5 Å². The molecule has 80 valence electrons. The van der Waals surface area contributed by atoms with Crippen molar-refractivity contribution in [1.29, 1.82) is 0 Å². The molecule has 0 saturated carbocycles. The summed E-state index contributed by atoms with van der Waals surface area (Å²) in [5, 5.41) is 0. The van der Waals surface area contributed by atoms with Crippen LogP contribution in [0.25, 0.3) is 0 Å². The second-order valence-electron chi connectivity index (χ2n) is 3.67. The van der Waals surface area contributed by atoms with Gasteiger partial charge in [-0.05, 0) is 12.1 Å². The lowest BCUT2D eigenvalue weighted by atomic mass is 10.3. The Labute approximate surface area is 94.9 Å². The minimum atomic E-state index is 0.826. The smallest absolute Gasteiger partial charge is 0.0928 e. The van der Waals surface area contributed by atoms with Crippen LogP contribution in [-0.4, -0.2) is 20.7 Å². The Bertz CT molecular complexity index is 374. The Morgan fingerprint density at radius 3 is 2.73 bits per heavy atom. The van der Waals surface area contributed by atoms with Crippen molar-refractivity contribution in [1.82, 2.24) is 0 Å². The molecule has 1 aliphatic rings. The van der Waals surface area contributed by atoms with Crippen LogP contribution in [0.4, 0.5) is 5.69 Å². The highest BCUT2D eigenvalue weighted by Gasteiger charge is 2.10. The number of anilines is 1. The Morgan fingerprint density at radius 2 is 2.07 bits per heavy atom. The molecule has 0 N–H and O–H groups in total. The summed E-state index contributed by atoms with van der Waals surface area (Å²) in [5.74, 6) is 0. The fourth-order valence-corrected chi connectivity index (χ4v) is 2.59. The Balaban J connectivity index is 2.19. The zero-order chi connectivity index (χ0) is 10.7. The van der Waals surface area contributed by atoms with Crippen LogP contribution in [0.15, 0.2) is 40.3 Å². The molecule has 0 radical (unpaired) electrons. The Kier molecular flexibility index (Phi) is 3.21. The van der Waals surface area contributed by atoms with Gasteiger partial charge < -0.3 is 9.64 Å². The van der Waals surface area contributed by atoms with E-state index in [0.717, 1.165) is 13.0 Å². The van der Waals surface area contributed by atoms with Gasteiger partial charge in [-0.15, -0.1) is 0 Å². The summed E-state index contributed by atoms with van der Waals surface area (Å²) in [5.41, 5.74) is 1.26. The molecule has 0 saturated heterocycles. The lowest BCUT2D eigenvalue weighted by molar-refractivity contribution is 0.281. The van der Waals surface area contributed by atoms with Crippen molar-refractivity contribution in [3.05, 3.63) is 35.4 Å². The molecule has 1 aromatic rings. The van der Waals surface area contributed by atoms with Gasteiger partial charge in [0.1, 0.15) is 0 Å². The van der Waals surface area contributed by atoms with Crippen molar-refractivity contribution in [2.24, 2.45) is 0 Å². The van der Waals surface area contributed by atoms with Crippen LogP contribution in [0.1, 0.15) is 6.42 Å². The first-order chi connectivity index (χ1) is 7.27. The SMILES string of the molecule is CN(C)c1ccccc1SC1=COCC1. The molecular formula is C12H15NOS. The molecule has 2 rings (SSSR count). The number of hydrogen-bond acceptors (Lipinski definition) is 3. The van der Waals surface area contributed by atoms with Crippen molar-refractivity contribution in [3.8, 4) is 0 Å². The van der Waals surface area contributed by atoms with E-state index in [4.69, 9.17) is 4.74 Å². The van der Waals surface area contributed by atoms with Crippen molar-refractivity contribution in [2.75, 3.05) is 25.6 Å². The zero-order valence-corrected chi connectivity index (χ0v) is 9.88. The average molecular weight is 221 g/mol. The summed E-state index contributed by atoms with van der Waals surface area (Å²) >= 11 is 1.80. The first-order valence-corrected chi connectivity index (χ1v) is 5.84. The van der Waals surface area contributed by atoms with Crippen LogP contribution in [0.2, 0.25) is 0 Å². The molecule has 3 heteroatoms. The third-order valence-corrected chi connectivity index (χ3v) is 3.40. The van der Waals surface area contributed by atoms with Gasteiger partial charge >= 0.3 is 0 Å². The lowest BCUT2D eigenvalue weighted by Gasteiger charge is -2.16. The predicted molar refractivity (Wildman–Crippen MR) is 65.3 cm³/mol. The fourth-order valence-electron chi connectivity index (χ4n) is 1.50. The van der Waals surface area contributed by atoms with E-state index in [2.05, 4.69) is 43.3 Å². The fraction of sp³-hybridized carbons (Fsp3) is 0.333. The lowest BCUT2D eigenvalue weighted by Crippen LogP contribution is -2.09. The maximum atomic E-state index is 5.23. The Morgan fingerprint density at radius 1 is 1.27 bits per heavy atom. The molecule has 0 aliphatic carbocycles. The van der Waals surface area contributed by atoms with Gasteiger partial charge in [0.15, 0.2) is 0 Å². The van der Waals surface area contributed by atoms with Crippen LogP contribution >= 0.6 is 11.8 Å². The van der Waals surface area contributed by atoms with E-state index < -0.39 is 0 Å². The van der Waals surface area contributed by atoms with E-state index in [1.165, 1.54) is 15.5 Å². The zero-order valence-electron chi connectivity index (χ0n) is 9.06. The second-order valence-corrected chi connectivity index (χ2v) is 4.84. The van der Waals surface area contributed by atoms with Crippen LogP contribution in [0.3, 0.4) is 0 Å². The molecule has 0 unspecified atom stereocenters. The van der Waals surface area contributed by atoms with E-state index >= 15 is 0 Å². The van der Waals surface area contributed by atoms with Crippen molar-refractivity contribution < 1.29 is 4.74 Å². The first kappa shape index (κ1) is 10.4. The summed E-state index contributed by atoms with van der Waals surface area (Å²) in [6.45, 7) is 0.826. The molecule has 1 aromatic carbocycles. The van der Waals surface area contributed by atoms with Gasteiger partial charge in [0.05, 0.1) is 18.6 Å². The van der Waals surface area contributed by atoms with Gasteiger partial charge in [-0.3, -0.25) is 0 Å². The Hall–Kier alpha value is -1.09. The number of nitrogens with zero attached hydrogens (tertiary/aromatic N) is 1. The minimum Gasteiger partial charge on any atom is -0.500 e. The molecule has 0 spiro atoms. The summed E-state index contributed by atoms with van der Waals surface area (Å²) in [6, 6.07) is 8.43. The summed E-state index contributed by atoms with van der Waals surface area (Å²) in [4.78, 5) is 4.74. The van der Waals surface area contributed by atoms with Crippen molar-refractivity contribution in [2.45, 2.75) is 11.3 Å². The molecule has 1 heterocycles. The molecule has 0 bridgehead atoms. The molecular weight excluding hydrogens is 206 g/mol. The van der Waals surface area contributed by atoms with Crippen molar-refractivity contribution >= 4 is 17.4 Å². The minimum absolute atomic E-state index is 0.826. The standard InChI is InChI=1S/C12H15NOS/c1-13(2)11-5-3-4-6-12(11)15-10-7-8-14-9-10/h3-6,9H,7-8H2,1-2H3. The van der Waals surface area contributed by atoms with E-state index in [-0.39, 0.29) is 0 Å². The van der Waals surface area contributed by atoms with E-state index in [1.807, 2.05) is 6.26 Å². The van der Waals surface area contributed by atoms with Gasteiger partial charge in [0, 0.05) is 30.3 Å². The van der Waals surface area contributed by atoms with Crippen LogP contribution in [0.5, 0.6) is 0 Å². The number of ether oxygens (including phenoxy) is 1. The molecule has 0 fully saturated rings. The third-order valence-electron chi connectivity index (χ3n) is 2.27. The van der Waals surface area contributed by atoms with Crippen molar-refractivity contribution in [3.63, 3.8) is 0 Å². The molecule has 0 aromatic heterocycles. The monoisotopic (exact) mass is 221 g/mol. The number of hydrogen-bond donors (Lipinski definition) is 0. The quantitative estimate of drug-likeness (QED) is 0.778. The van der Waals surface area contributed by atoms with Gasteiger partial charge in [0.25, 0.3) is 0 Å². The van der Waals surface area contributed by atoms with Gasteiger partial charge in [0.2, 0.25) is 0 Å². The second kappa shape index (κ2) is 4.62. The average Bonchev–Trinajstić information content (AvgIpc) is 2.71. The van der Waals surface area contributed by atoms with E-state index in [9.17, 15) is 0 Å². The summed E-state index contributed by atoms with van der Waals surface area (Å²) in [6.07, 6.45) is 2.91. The van der Waals surface area contributed by atoms with E-state index in [1.54, 1.807) is 11.8 Å². The summed E-state index contributed by atoms with van der Waals surface area (Å²) < 4.78 is 5.23. The normalized spacial score (nSPS) is 14.7. The van der Waals surface area contributed by atoms with E-state index in [0.29, 0.717) is 0 Å². The van der Waals surface area contributed by atoms with Crippen LogP contribution < -0.4 is 4.90 Å². The predicted octanol–water partition coefficient (Wildman–Crippen LogP) is 3.11. The molecule has 0 atom stereocenters. The van der Waals surface area contributed by atoms with Crippen LogP contribution in [-0.2, 0) is 4.74 Å². The maximum Gasteiger partial charge on any atom is 0.0928 e. The van der Waals surface area contributed by atoms with Gasteiger partial charge in [-0.25, -0.2) is 0 Å².